The average molecular weight is 489 g/mol. The number of amides is 1. The molecule has 8 heteroatoms. The van der Waals surface area contributed by atoms with Gasteiger partial charge in [0, 0.05) is 10.0 Å². The maximum Gasteiger partial charge on any atom is 0.262 e. The van der Waals surface area contributed by atoms with E-state index in [-0.39, 0.29) is 22.1 Å². The summed E-state index contributed by atoms with van der Waals surface area (Å²) in [5.41, 5.74) is 0.635. The second-order valence-corrected chi connectivity index (χ2v) is 9.75. The first-order chi connectivity index (χ1) is 14.3. The summed E-state index contributed by atoms with van der Waals surface area (Å²) in [4.78, 5) is 12.7. The van der Waals surface area contributed by atoms with E-state index in [1.807, 2.05) is 24.3 Å². The summed E-state index contributed by atoms with van der Waals surface area (Å²) in [6, 6.07) is 18.9. The van der Waals surface area contributed by atoms with E-state index >= 15 is 0 Å². The lowest BCUT2D eigenvalue weighted by molar-refractivity contribution is 0.0930. The molecule has 154 valence electrons. The number of hydrogen-bond donors (Lipinski definition) is 2. The molecule has 2 N–H and O–H groups in total. The normalized spacial score (nSPS) is 14.7. The number of hydrogen-bond acceptors (Lipinski definition) is 3. The van der Waals surface area contributed by atoms with Gasteiger partial charge in [0.2, 0.25) is 0 Å². The van der Waals surface area contributed by atoms with Crippen LogP contribution in [0.2, 0.25) is 0 Å². The predicted octanol–water partition coefficient (Wildman–Crippen LogP) is 4.81. The number of para-hydroxylation sites is 1. The highest BCUT2D eigenvalue weighted by atomic mass is 79.9. The topological polar surface area (TPSA) is 75.3 Å². The van der Waals surface area contributed by atoms with Crippen molar-refractivity contribution >= 4 is 37.5 Å². The minimum absolute atomic E-state index is 0.119. The Kier molecular flexibility index (Phi) is 5.38. The number of benzene rings is 3. The van der Waals surface area contributed by atoms with Gasteiger partial charge in [-0.15, -0.1) is 0 Å². The highest BCUT2D eigenvalue weighted by molar-refractivity contribution is 9.10. The van der Waals surface area contributed by atoms with Gasteiger partial charge in [-0.05, 0) is 60.9 Å². The summed E-state index contributed by atoms with van der Waals surface area (Å²) in [5.74, 6) is -1.04. The molecule has 0 unspecified atom stereocenters. The molecule has 0 atom stereocenters. The molecule has 3 aromatic rings. The maximum absolute atomic E-state index is 13.8. The van der Waals surface area contributed by atoms with E-state index in [0.29, 0.717) is 0 Å². The van der Waals surface area contributed by atoms with E-state index in [1.54, 1.807) is 6.07 Å². The van der Waals surface area contributed by atoms with Crippen molar-refractivity contribution in [3.63, 3.8) is 0 Å². The molecule has 0 radical (unpaired) electrons. The van der Waals surface area contributed by atoms with Gasteiger partial charge in [-0.2, -0.15) is 0 Å². The Hall–Kier alpha value is -2.71. The molecular formula is C22H18BrFN2O3S. The molecule has 0 spiro atoms. The molecule has 0 aliphatic heterocycles. The minimum atomic E-state index is -4.05. The molecule has 0 aromatic heterocycles. The van der Waals surface area contributed by atoms with Crippen LogP contribution in [0.1, 0.15) is 28.8 Å². The molecule has 1 aliphatic carbocycles. The van der Waals surface area contributed by atoms with Crippen molar-refractivity contribution in [1.29, 1.82) is 0 Å². The van der Waals surface area contributed by atoms with Crippen LogP contribution < -0.4 is 10.0 Å². The predicted molar refractivity (Wildman–Crippen MR) is 116 cm³/mol. The van der Waals surface area contributed by atoms with Gasteiger partial charge in [-0.1, -0.05) is 46.3 Å². The molecule has 1 saturated carbocycles. The second kappa shape index (κ2) is 7.85. The third-order valence-corrected chi connectivity index (χ3v) is 6.92. The standard InChI is InChI=1S/C22H18BrFN2O3S/c23-17-10-8-16(9-11-17)22(12-13-22)25-21(27)15-4-3-5-18(14-15)30(28,29)26-20-7-2-1-6-19(20)24/h1-11,14,26H,12-13H2,(H,25,27). The van der Waals surface area contributed by atoms with E-state index < -0.39 is 21.4 Å². The summed E-state index contributed by atoms with van der Waals surface area (Å²) >= 11 is 3.40. The van der Waals surface area contributed by atoms with Gasteiger partial charge in [0.25, 0.3) is 15.9 Å². The lowest BCUT2D eigenvalue weighted by atomic mass is 10.0. The molecule has 0 saturated heterocycles. The van der Waals surface area contributed by atoms with E-state index in [4.69, 9.17) is 0 Å². The van der Waals surface area contributed by atoms with Gasteiger partial charge >= 0.3 is 0 Å². The van der Waals surface area contributed by atoms with Crippen molar-refractivity contribution in [2.45, 2.75) is 23.3 Å². The van der Waals surface area contributed by atoms with Crippen molar-refractivity contribution < 1.29 is 17.6 Å². The van der Waals surface area contributed by atoms with Gasteiger partial charge in [0.05, 0.1) is 16.1 Å². The van der Waals surface area contributed by atoms with E-state index in [1.165, 1.54) is 42.5 Å². The third-order valence-electron chi connectivity index (χ3n) is 5.02. The fraction of sp³-hybridized carbons (Fsp3) is 0.136. The zero-order chi connectivity index (χ0) is 21.4. The third kappa shape index (κ3) is 4.24. The molecule has 0 bridgehead atoms. The Morgan fingerprint density at radius 3 is 2.33 bits per heavy atom. The number of nitrogens with one attached hydrogen (secondary N) is 2. The quantitative estimate of drug-likeness (QED) is 0.522. The zero-order valence-corrected chi connectivity index (χ0v) is 18.1. The SMILES string of the molecule is O=C(NC1(c2ccc(Br)cc2)CC1)c1cccc(S(=O)(=O)Nc2ccccc2F)c1. The molecule has 30 heavy (non-hydrogen) atoms. The highest BCUT2D eigenvalue weighted by Crippen LogP contribution is 2.45. The Morgan fingerprint density at radius 1 is 0.967 bits per heavy atom. The molecule has 0 heterocycles. The summed E-state index contributed by atoms with van der Waals surface area (Å²) < 4.78 is 42.3. The van der Waals surface area contributed by atoms with E-state index in [9.17, 15) is 17.6 Å². The largest absolute Gasteiger partial charge is 0.343 e. The molecule has 1 aliphatic rings. The van der Waals surface area contributed by atoms with Gasteiger partial charge in [-0.25, -0.2) is 12.8 Å². The summed E-state index contributed by atoms with van der Waals surface area (Å²) in [7, 11) is -4.05. The van der Waals surface area contributed by atoms with Crippen LogP contribution in [0.25, 0.3) is 0 Å². The Balaban J connectivity index is 1.55. The Bertz CT molecular complexity index is 1210. The van der Waals surface area contributed by atoms with E-state index in [2.05, 4.69) is 26.0 Å². The summed E-state index contributed by atoms with van der Waals surface area (Å²) in [6.07, 6.45) is 1.63. The molecule has 3 aromatic carbocycles. The number of anilines is 1. The first kappa shape index (κ1) is 20.6. The number of rotatable bonds is 6. The number of carbonyl (C=O) groups is 1. The van der Waals surface area contributed by atoms with E-state index in [0.717, 1.165) is 22.9 Å². The second-order valence-electron chi connectivity index (χ2n) is 7.16. The summed E-state index contributed by atoms with van der Waals surface area (Å²) in [5, 5.41) is 3.03. The van der Waals surface area contributed by atoms with Gasteiger partial charge in [0.15, 0.2) is 0 Å². The molecule has 4 rings (SSSR count). The average Bonchev–Trinajstić information content (AvgIpc) is 3.51. The Labute approximate surface area is 182 Å². The monoisotopic (exact) mass is 488 g/mol. The van der Waals surface area contributed by atoms with Crippen LogP contribution in [-0.2, 0) is 15.6 Å². The number of halogens is 2. The molecular weight excluding hydrogens is 471 g/mol. The fourth-order valence-electron chi connectivity index (χ4n) is 3.22. The lowest BCUT2D eigenvalue weighted by Crippen LogP contribution is -2.34. The van der Waals surface area contributed by atoms with Crippen LogP contribution in [0, 0.1) is 5.82 Å². The summed E-state index contributed by atoms with van der Waals surface area (Å²) in [6.45, 7) is 0. The minimum Gasteiger partial charge on any atom is -0.343 e. The first-order valence-corrected chi connectivity index (χ1v) is 11.5. The Morgan fingerprint density at radius 2 is 1.67 bits per heavy atom. The first-order valence-electron chi connectivity index (χ1n) is 9.25. The van der Waals surface area contributed by atoms with Gasteiger partial charge in [-0.3, -0.25) is 9.52 Å². The molecule has 1 amide bonds. The van der Waals surface area contributed by atoms with Crippen LogP contribution in [0.15, 0.2) is 82.2 Å². The highest BCUT2D eigenvalue weighted by Gasteiger charge is 2.45. The van der Waals surface area contributed by atoms with Crippen molar-refractivity contribution in [3.8, 4) is 0 Å². The van der Waals surface area contributed by atoms with Gasteiger partial charge in [0.1, 0.15) is 5.82 Å². The van der Waals surface area contributed by atoms with Crippen LogP contribution >= 0.6 is 15.9 Å². The number of carbonyl (C=O) groups excluding carboxylic acids is 1. The van der Waals surface area contributed by atoms with Crippen LogP contribution in [0.4, 0.5) is 10.1 Å². The lowest BCUT2D eigenvalue weighted by Gasteiger charge is -2.18. The fourth-order valence-corrected chi connectivity index (χ4v) is 4.60. The van der Waals surface area contributed by atoms with Crippen molar-refractivity contribution in [2.24, 2.45) is 0 Å². The van der Waals surface area contributed by atoms with Gasteiger partial charge < -0.3 is 5.32 Å². The van der Waals surface area contributed by atoms with Crippen LogP contribution in [0.3, 0.4) is 0 Å². The van der Waals surface area contributed by atoms with Crippen molar-refractivity contribution in [2.75, 3.05) is 4.72 Å². The molecule has 1 fully saturated rings. The maximum atomic E-state index is 13.8. The number of sulfonamides is 1. The van der Waals surface area contributed by atoms with Crippen LogP contribution in [0.5, 0.6) is 0 Å². The zero-order valence-electron chi connectivity index (χ0n) is 15.7. The smallest absolute Gasteiger partial charge is 0.262 e. The van der Waals surface area contributed by atoms with Crippen molar-refractivity contribution in [1.82, 2.24) is 5.32 Å². The molecule has 5 nitrogen and oxygen atoms in total. The van der Waals surface area contributed by atoms with Crippen molar-refractivity contribution in [3.05, 3.63) is 94.2 Å². The van der Waals surface area contributed by atoms with Crippen LogP contribution in [-0.4, -0.2) is 14.3 Å².